The topological polar surface area (TPSA) is 42.4 Å². The highest BCUT2D eigenvalue weighted by Gasteiger charge is 2.33. The summed E-state index contributed by atoms with van der Waals surface area (Å²) in [5.74, 6) is 2.02. The van der Waals surface area contributed by atoms with Gasteiger partial charge in [-0.1, -0.05) is 12.8 Å². The van der Waals surface area contributed by atoms with Crippen LogP contribution >= 0.6 is 0 Å². The second-order valence-corrected chi connectivity index (χ2v) is 5.80. The number of piperidine rings is 1. The summed E-state index contributed by atoms with van der Waals surface area (Å²) >= 11 is 0. The van der Waals surface area contributed by atoms with Crippen molar-refractivity contribution in [2.45, 2.75) is 57.7 Å². The van der Waals surface area contributed by atoms with Gasteiger partial charge in [0.05, 0.1) is 12.8 Å². The molecular weight excluding hydrogens is 224 g/mol. The van der Waals surface area contributed by atoms with Crippen molar-refractivity contribution in [3.05, 3.63) is 23.7 Å². The molecule has 0 unspecified atom stereocenters. The summed E-state index contributed by atoms with van der Waals surface area (Å²) in [5.41, 5.74) is 6.93. The molecule has 1 aromatic rings. The minimum Gasteiger partial charge on any atom is -0.468 e. The van der Waals surface area contributed by atoms with E-state index in [0.29, 0.717) is 6.54 Å². The highest BCUT2D eigenvalue weighted by molar-refractivity contribution is 5.16. The fraction of sp³-hybridized carbons (Fsp3) is 0.733. The van der Waals surface area contributed by atoms with E-state index in [1.807, 2.05) is 6.07 Å². The van der Waals surface area contributed by atoms with Gasteiger partial charge in [-0.15, -0.1) is 0 Å². The first-order chi connectivity index (χ1) is 8.88. The maximum Gasteiger partial charge on any atom is 0.122 e. The Morgan fingerprint density at radius 2 is 2.06 bits per heavy atom. The van der Waals surface area contributed by atoms with Gasteiger partial charge in [-0.2, -0.15) is 0 Å². The van der Waals surface area contributed by atoms with Crippen LogP contribution in [-0.4, -0.2) is 17.5 Å². The maximum absolute atomic E-state index is 5.75. The first kappa shape index (κ1) is 12.2. The standard InChI is InChI=1S/C15H24N2O/c16-10-13-7-9-18-15(13)11-17-8-3-5-12-4-1-2-6-14(12)17/h7,9,12,14H,1-6,8,10-11,16H2/t12-,14-/m1/s1. The van der Waals surface area contributed by atoms with E-state index in [9.17, 15) is 0 Å². The molecule has 0 radical (unpaired) electrons. The van der Waals surface area contributed by atoms with Crippen molar-refractivity contribution in [2.75, 3.05) is 6.54 Å². The molecule has 3 nitrogen and oxygen atoms in total. The predicted octanol–water partition coefficient (Wildman–Crippen LogP) is 2.89. The molecule has 1 aromatic heterocycles. The molecular formula is C15H24N2O. The smallest absolute Gasteiger partial charge is 0.122 e. The molecule has 0 spiro atoms. The third-order valence-electron chi connectivity index (χ3n) is 4.76. The number of nitrogens with two attached hydrogens (primary N) is 1. The molecule has 100 valence electrons. The Hall–Kier alpha value is -0.800. The van der Waals surface area contributed by atoms with Gasteiger partial charge in [0.25, 0.3) is 0 Å². The lowest BCUT2D eigenvalue weighted by atomic mass is 9.78. The van der Waals surface area contributed by atoms with Crippen molar-refractivity contribution >= 4 is 0 Å². The van der Waals surface area contributed by atoms with Crippen molar-refractivity contribution in [1.82, 2.24) is 4.90 Å². The zero-order chi connectivity index (χ0) is 12.4. The van der Waals surface area contributed by atoms with Crippen LogP contribution in [0.1, 0.15) is 49.8 Å². The number of hydrogen-bond donors (Lipinski definition) is 1. The molecule has 1 aliphatic heterocycles. The molecule has 3 rings (SSSR count). The van der Waals surface area contributed by atoms with Crippen molar-refractivity contribution in [1.29, 1.82) is 0 Å². The molecule has 2 atom stereocenters. The summed E-state index contributed by atoms with van der Waals surface area (Å²) < 4.78 is 5.62. The summed E-state index contributed by atoms with van der Waals surface area (Å²) in [6, 6.07) is 2.81. The van der Waals surface area contributed by atoms with Crippen molar-refractivity contribution < 1.29 is 4.42 Å². The Morgan fingerprint density at radius 3 is 2.94 bits per heavy atom. The number of likely N-dealkylation sites (tertiary alicyclic amines) is 1. The van der Waals surface area contributed by atoms with E-state index in [2.05, 4.69) is 4.90 Å². The molecule has 1 aliphatic carbocycles. The first-order valence-corrected chi connectivity index (χ1v) is 7.38. The third-order valence-corrected chi connectivity index (χ3v) is 4.76. The SMILES string of the molecule is NCc1ccoc1CN1CCC[C@H]2CCCC[C@H]21. The number of fused-ring (bicyclic) bond motifs is 1. The average Bonchev–Trinajstić information content (AvgIpc) is 2.86. The summed E-state index contributed by atoms with van der Waals surface area (Å²) in [6.45, 7) is 2.78. The fourth-order valence-corrected chi connectivity index (χ4v) is 3.80. The van der Waals surface area contributed by atoms with Gasteiger partial charge in [0.2, 0.25) is 0 Å². The van der Waals surface area contributed by atoms with Crippen LogP contribution in [0.4, 0.5) is 0 Å². The average molecular weight is 248 g/mol. The summed E-state index contributed by atoms with van der Waals surface area (Å²) in [5, 5.41) is 0. The number of furan rings is 1. The molecule has 0 aromatic carbocycles. The van der Waals surface area contributed by atoms with Gasteiger partial charge in [-0.25, -0.2) is 0 Å². The van der Waals surface area contributed by atoms with E-state index in [4.69, 9.17) is 10.2 Å². The van der Waals surface area contributed by atoms with Gasteiger partial charge in [0, 0.05) is 18.2 Å². The zero-order valence-electron chi connectivity index (χ0n) is 11.1. The molecule has 2 aliphatic rings. The quantitative estimate of drug-likeness (QED) is 0.894. The van der Waals surface area contributed by atoms with Gasteiger partial charge >= 0.3 is 0 Å². The van der Waals surface area contributed by atoms with Crippen LogP contribution in [0.25, 0.3) is 0 Å². The van der Waals surface area contributed by atoms with Crippen LogP contribution in [0.3, 0.4) is 0 Å². The van der Waals surface area contributed by atoms with E-state index < -0.39 is 0 Å². The molecule has 0 amide bonds. The van der Waals surface area contributed by atoms with E-state index in [0.717, 1.165) is 24.3 Å². The van der Waals surface area contributed by atoms with Crippen LogP contribution in [0, 0.1) is 5.92 Å². The van der Waals surface area contributed by atoms with Crippen LogP contribution in [-0.2, 0) is 13.1 Å². The molecule has 2 heterocycles. The van der Waals surface area contributed by atoms with Crippen LogP contribution in [0.2, 0.25) is 0 Å². The number of rotatable bonds is 3. The molecule has 0 bridgehead atoms. The Morgan fingerprint density at radius 1 is 1.22 bits per heavy atom. The normalized spacial score (nSPS) is 29.2. The monoisotopic (exact) mass is 248 g/mol. The van der Waals surface area contributed by atoms with Crippen LogP contribution in [0.5, 0.6) is 0 Å². The maximum atomic E-state index is 5.75. The third kappa shape index (κ3) is 2.34. The lowest BCUT2D eigenvalue weighted by molar-refractivity contribution is 0.0492. The van der Waals surface area contributed by atoms with Gasteiger partial charge in [-0.3, -0.25) is 4.90 Å². The molecule has 1 saturated carbocycles. The highest BCUT2D eigenvalue weighted by Crippen LogP contribution is 2.36. The lowest BCUT2D eigenvalue weighted by Gasteiger charge is -2.43. The molecule has 18 heavy (non-hydrogen) atoms. The Bertz CT molecular complexity index is 386. The molecule has 2 N–H and O–H groups in total. The lowest BCUT2D eigenvalue weighted by Crippen LogP contribution is -2.46. The van der Waals surface area contributed by atoms with Gasteiger partial charge in [0.15, 0.2) is 0 Å². The number of hydrogen-bond acceptors (Lipinski definition) is 3. The van der Waals surface area contributed by atoms with Gasteiger partial charge < -0.3 is 10.2 Å². The van der Waals surface area contributed by atoms with E-state index in [1.165, 1.54) is 50.6 Å². The van der Waals surface area contributed by atoms with Crippen molar-refractivity contribution in [2.24, 2.45) is 11.7 Å². The van der Waals surface area contributed by atoms with E-state index in [1.54, 1.807) is 6.26 Å². The Kier molecular flexibility index (Phi) is 3.71. The highest BCUT2D eigenvalue weighted by atomic mass is 16.3. The molecule has 2 fully saturated rings. The minimum atomic E-state index is 0.591. The Balaban J connectivity index is 1.71. The second kappa shape index (κ2) is 5.45. The second-order valence-electron chi connectivity index (χ2n) is 5.80. The van der Waals surface area contributed by atoms with Gasteiger partial charge in [-0.05, 0) is 44.2 Å². The van der Waals surface area contributed by atoms with Crippen LogP contribution in [0.15, 0.2) is 16.7 Å². The molecule has 3 heteroatoms. The zero-order valence-corrected chi connectivity index (χ0v) is 11.1. The number of nitrogens with zero attached hydrogens (tertiary/aromatic N) is 1. The van der Waals surface area contributed by atoms with Gasteiger partial charge in [0.1, 0.15) is 5.76 Å². The summed E-state index contributed by atoms with van der Waals surface area (Å²) in [4.78, 5) is 2.64. The largest absolute Gasteiger partial charge is 0.468 e. The van der Waals surface area contributed by atoms with E-state index in [-0.39, 0.29) is 0 Å². The van der Waals surface area contributed by atoms with Crippen LogP contribution < -0.4 is 5.73 Å². The Labute approximate surface area is 109 Å². The van der Waals surface area contributed by atoms with Crippen molar-refractivity contribution in [3.63, 3.8) is 0 Å². The summed E-state index contributed by atoms with van der Waals surface area (Å²) in [7, 11) is 0. The predicted molar refractivity (Wildman–Crippen MR) is 72.0 cm³/mol. The first-order valence-electron chi connectivity index (χ1n) is 7.38. The fourth-order valence-electron chi connectivity index (χ4n) is 3.80. The minimum absolute atomic E-state index is 0.591. The summed E-state index contributed by atoms with van der Waals surface area (Å²) in [6.07, 6.45) is 10.2. The molecule has 1 saturated heterocycles. The van der Waals surface area contributed by atoms with Crippen molar-refractivity contribution in [3.8, 4) is 0 Å². The van der Waals surface area contributed by atoms with E-state index >= 15 is 0 Å².